The minimum atomic E-state index is -0.0447. The maximum atomic E-state index is 12.4. The van der Waals surface area contributed by atoms with Gasteiger partial charge in [-0.2, -0.15) is 0 Å². The molecule has 3 nitrogen and oxygen atoms in total. The first-order valence-electron chi connectivity index (χ1n) is 6.89. The Kier molecular flexibility index (Phi) is 3.88. The van der Waals surface area contributed by atoms with Gasteiger partial charge in [-0.1, -0.05) is 42.5 Å². The monoisotopic (exact) mass is 290 g/mol. The summed E-state index contributed by atoms with van der Waals surface area (Å²) < 4.78 is 5.70. The number of carbonyl (C=O) groups is 1. The Morgan fingerprint density at radius 3 is 2.14 bits per heavy atom. The van der Waals surface area contributed by atoms with Gasteiger partial charge >= 0.3 is 0 Å². The van der Waals surface area contributed by atoms with E-state index in [0.29, 0.717) is 22.6 Å². The Morgan fingerprint density at radius 2 is 1.41 bits per heavy atom. The van der Waals surface area contributed by atoms with Crippen LogP contribution >= 0.6 is 0 Å². The molecule has 108 valence electrons. The smallest absolute Gasteiger partial charge is 0.193 e. The van der Waals surface area contributed by atoms with Gasteiger partial charge < -0.3 is 9.84 Å². The number of rotatable bonds is 4. The molecule has 0 spiro atoms. The lowest BCUT2D eigenvalue weighted by Gasteiger charge is -2.07. The lowest BCUT2D eigenvalue weighted by atomic mass is 10.0. The highest BCUT2D eigenvalue weighted by atomic mass is 16.5. The zero-order valence-electron chi connectivity index (χ0n) is 11.8. The average molecular weight is 290 g/mol. The zero-order chi connectivity index (χ0) is 15.4. The van der Waals surface area contributed by atoms with E-state index < -0.39 is 0 Å². The standard InChI is InChI=1S/C19H14O3/c20-16-9-11-17(12-10-16)22-18-8-4-7-15(13-18)19(21)14-5-2-1-3-6-14/h1-13,20H. The summed E-state index contributed by atoms with van der Waals surface area (Å²) in [5, 5.41) is 9.27. The third kappa shape index (κ3) is 3.15. The molecule has 0 bridgehead atoms. The molecular weight excluding hydrogens is 276 g/mol. The molecule has 0 atom stereocenters. The number of aromatic hydroxyl groups is 1. The maximum Gasteiger partial charge on any atom is 0.193 e. The Hall–Kier alpha value is -3.07. The van der Waals surface area contributed by atoms with Crippen LogP contribution in [0.1, 0.15) is 15.9 Å². The van der Waals surface area contributed by atoms with Gasteiger partial charge in [0, 0.05) is 11.1 Å². The first-order valence-corrected chi connectivity index (χ1v) is 6.89. The van der Waals surface area contributed by atoms with Crippen LogP contribution in [0.25, 0.3) is 0 Å². The van der Waals surface area contributed by atoms with Gasteiger partial charge in [0.05, 0.1) is 0 Å². The van der Waals surface area contributed by atoms with Crippen LogP contribution in [0, 0.1) is 0 Å². The molecule has 0 saturated carbocycles. The van der Waals surface area contributed by atoms with E-state index in [-0.39, 0.29) is 11.5 Å². The van der Waals surface area contributed by atoms with E-state index in [9.17, 15) is 9.90 Å². The molecule has 0 saturated heterocycles. The molecule has 22 heavy (non-hydrogen) atoms. The number of phenolic OH excluding ortho intramolecular Hbond substituents is 1. The third-order valence-electron chi connectivity index (χ3n) is 3.20. The predicted molar refractivity (Wildman–Crippen MR) is 84.5 cm³/mol. The van der Waals surface area contributed by atoms with Crippen LogP contribution in [0.5, 0.6) is 17.2 Å². The number of phenols is 1. The minimum absolute atomic E-state index is 0.0447. The van der Waals surface area contributed by atoms with Crippen LogP contribution in [-0.4, -0.2) is 10.9 Å². The van der Waals surface area contributed by atoms with Crippen molar-refractivity contribution in [1.82, 2.24) is 0 Å². The van der Waals surface area contributed by atoms with E-state index >= 15 is 0 Å². The molecule has 0 aliphatic heterocycles. The number of carbonyl (C=O) groups excluding carboxylic acids is 1. The highest BCUT2D eigenvalue weighted by molar-refractivity contribution is 6.09. The number of benzene rings is 3. The fraction of sp³-hybridized carbons (Fsp3) is 0. The molecule has 0 radical (unpaired) electrons. The molecule has 0 aliphatic carbocycles. The maximum absolute atomic E-state index is 12.4. The van der Waals surface area contributed by atoms with E-state index in [2.05, 4.69) is 0 Å². The van der Waals surface area contributed by atoms with Gasteiger partial charge in [0.1, 0.15) is 17.2 Å². The molecule has 0 heterocycles. The Labute approximate surface area is 128 Å². The molecule has 3 rings (SSSR count). The van der Waals surface area contributed by atoms with Crippen molar-refractivity contribution < 1.29 is 14.6 Å². The van der Waals surface area contributed by atoms with Crippen LogP contribution < -0.4 is 4.74 Å². The molecule has 3 aromatic rings. The van der Waals surface area contributed by atoms with Crippen molar-refractivity contribution >= 4 is 5.78 Å². The van der Waals surface area contributed by atoms with Gasteiger partial charge in [-0.25, -0.2) is 0 Å². The number of ketones is 1. The summed E-state index contributed by atoms with van der Waals surface area (Å²) in [6.07, 6.45) is 0. The summed E-state index contributed by atoms with van der Waals surface area (Å²) in [5.41, 5.74) is 1.21. The normalized spacial score (nSPS) is 10.2. The van der Waals surface area contributed by atoms with Crippen molar-refractivity contribution in [2.45, 2.75) is 0 Å². The van der Waals surface area contributed by atoms with E-state index in [1.807, 2.05) is 18.2 Å². The van der Waals surface area contributed by atoms with E-state index in [1.165, 1.54) is 0 Å². The number of hydrogen-bond donors (Lipinski definition) is 1. The molecule has 0 fully saturated rings. The second-order valence-corrected chi connectivity index (χ2v) is 4.82. The molecule has 3 aromatic carbocycles. The summed E-state index contributed by atoms with van der Waals surface area (Å²) in [4.78, 5) is 12.4. The highest BCUT2D eigenvalue weighted by Gasteiger charge is 2.09. The summed E-state index contributed by atoms with van der Waals surface area (Å²) in [7, 11) is 0. The summed E-state index contributed by atoms with van der Waals surface area (Å²) >= 11 is 0. The molecule has 3 heteroatoms. The summed E-state index contributed by atoms with van der Waals surface area (Å²) in [6.45, 7) is 0. The van der Waals surface area contributed by atoms with Gasteiger partial charge in [-0.15, -0.1) is 0 Å². The van der Waals surface area contributed by atoms with E-state index in [4.69, 9.17) is 4.74 Å². The Balaban J connectivity index is 1.83. The summed E-state index contributed by atoms with van der Waals surface area (Å²) in [5.74, 6) is 1.31. The van der Waals surface area contributed by atoms with Crippen molar-refractivity contribution in [3.05, 3.63) is 90.0 Å². The van der Waals surface area contributed by atoms with Crippen molar-refractivity contribution in [2.75, 3.05) is 0 Å². The van der Waals surface area contributed by atoms with Gasteiger partial charge in [0.2, 0.25) is 0 Å². The predicted octanol–water partition coefficient (Wildman–Crippen LogP) is 4.42. The first kappa shape index (κ1) is 13.9. The second kappa shape index (κ2) is 6.14. The van der Waals surface area contributed by atoms with Gasteiger partial charge in [-0.3, -0.25) is 4.79 Å². The zero-order valence-corrected chi connectivity index (χ0v) is 11.8. The number of hydrogen-bond acceptors (Lipinski definition) is 3. The molecule has 0 amide bonds. The first-order chi connectivity index (χ1) is 10.7. The van der Waals surface area contributed by atoms with Crippen molar-refractivity contribution in [2.24, 2.45) is 0 Å². The minimum Gasteiger partial charge on any atom is -0.508 e. The molecule has 0 aliphatic rings. The van der Waals surface area contributed by atoms with Crippen LogP contribution in [0.15, 0.2) is 78.9 Å². The molecule has 1 N–H and O–H groups in total. The van der Waals surface area contributed by atoms with Crippen molar-refractivity contribution in [3.63, 3.8) is 0 Å². The molecule has 0 aromatic heterocycles. The molecule has 0 unspecified atom stereocenters. The Morgan fingerprint density at radius 1 is 0.727 bits per heavy atom. The quantitative estimate of drug-likeness (QED) is 0.724. The average Bonchev–Trinajstić information content (AvgIpc) is 2.57. The van der Waals surface area contributed by atoms with Crippen molar-refractivity contribution in [1.29, 1.82) is 0 Å². The number of ether oxygens (including phenoxy) is 1. The largest absolute Gasteiger partial charge is 0.508 e. The van der Waals surface area contributed by atoms with Gasteiger partial charge in [0.25, 0.3) is 0 Å². The van der Waals surface area contributed by atoms with Crippen molar-refractivity contribution in [3.8, 4) is 17.2 Å². The van der Waals surface area contributed by atoms with Crippen LogP contribution in [0.3, 0.4) is 0 Å². The molecular formula is C19H14O3. The van der Waals surface area contributed by atoms with Gasteiger partial charge in [0.15, 0.2) is 5.78 Å². The van der Waals surface area contributed by atoms with E-state index in [1.54, 1.807) is 60.7 Å². The van der Waals surface area contributed by atoms with Crippen LogP contribution in [0.4, 0.5) is 0 Å². The third-order valence-corrected chi connectivity index (χ3v) is 3.20. The summed E-state index contributed by atoms with van der Waals surface area (Å²) in [6, 6.07) is 22.6. The fourth-order valence-electron chi connectivity index (χ4n) is 2.11. The Bertz CT molecular complexity index is 777. The fourth-order valence-corrected chi connectivity index (χ4v) is 2.11. The highest BCUT2D eigenvalue weighted by Crippen LogP contribution is 2.24. The second-order valence-electron chi connectivity index (χ2n) is 4.82. The lowest BCUT2D eigenvalue weighted by molar-refractivity contribution is 0.103. The van der Waals surface area contributed by atoms with Gasteiger partial charge in [-0.05, 0) is 36.4 Å². The van der Waals surface area contributed by atoms with E-state index in [0.717, 1.165) is 0 Å². The lowest BCUT2D eigenvalue weighted by Crippen LogP contribution is -2.00. The topological polar surface area (TPSA) is 46.5 Å². The van der Waals surface area contributed by atoms with Crippen LogP contribution in [0.2, 0.25) is 0 Å². The van der Waals surface area contributed by atoms with Crippen LogP contribution in [-0.2, 0) is 0 Å². The SMILES string of the molecule is O=C(c1ccccc1)c1cccc(Oc2ccc(O)cc2)c1.